The van der Waals surface area contributed by atoms with Crippen LogP contribution in [0.4, 0.5) is 0 Å². The molecule has 0 unspecified atom stereocenters. The van der Waals surface area contributed by atoms with E-state index in [0.29, 0.717) is 23.8 Å². The maximum atomic E-state index is 10.0. The van der Waals surface area contributed by atoms with E-state index in [1.807, 2.05) is 30.3 Å². The molecule has 4 aliphatic rings. The smallest absolute Gasteiger partial charge is 0.115 e. The van der Waals surface area contributed by atoms with Gasteiger partial charge in [0.1, 0.15) is 5.75 Å². The van der Waals surface area contributed by atoms with Gasteiger partial charge in [-0.05, 0) is 61.2 Å². The largest absolute Gasteiger partial charge is 0.508 e. The molecule has 6 rings (SSSR count). The molecule has 4 heteroatoms. The molecule has 4 saturated heterocycles. The van der Waals surface area contributed by atoms with E-state index in [0.717, 1.165) is 30.1 Å². The average molecular weight is 359 g/mol. The number of rotatable bonds is 3. The van der Waals surface area contributed by atoms with Crippen LogP contribution in [0.25, 0.3) is 0 Å². The molecule has 4 nitrogen and oxygen atoms in total. The Balaban J connectivity index is 1.50. The van der Waals surface area contributed by atoms with Crippen molar-refractivity contribution in [2.75, 3.05) is 19.6 Å². The van der Waals surface area contributed by atoms with E-state index in [9.17, 15) is 10.4 Å². The van der Waals surface area contributed by atoms with E-state index in [-0.39, 0.29) is 0 Å². The van der Waals surface area contributed by atoms with Crippen molar-refractivity contribution in [3.05, 3.63) is 65.2 Å². The summed E-state index contributed by atoms with van der Waals surface area (Å²) in [6.45, 7) is 4.23. The van der Waals surface area contributed by atoms with Crippen molar-refractivity contribution in [2.45, 2.75) is 37.4 Å². The van der Waals surface area contributed by atoms with Gasteiger partial charge >= 0.3 is 0 Å². The van der Waals surface area contributed by atoms with Crippen molar-refractivity contribution in [3.63, 3.8) is 0 Å². The van der Waals surface area contributed by atoms with Crippen LogP contribution in [-0.4, -0.2) is 46.6 Å². The molecular weight excluding hydrogens is 334 g/mol. The Bertz CT molecular complexity index is 881. The fourth-order valence-corrected chi connectivity index (χ4v) is 5.76. The molecule has 0 spiro atoms. The number of piperidine rings is 3. The van der Waals surface area contributed by atoms with Crippen LogP contribution < -0.4 is 0 Å². The number of benzene rings is 2. The molecule has 0 aromatic heterocycles. The van der Waals surface area contributed by atoms with Crippen LogP contribution in [0.15, 0.2) is 48.5 Å². The molecule has 4 heterocycles. The molecule has 3 atom stereocenters. The van der Waals surface area contributed by atoms with E-state index in [4.69, 9.17) is 0 Å². The Hall–Kier alpha value is -2.35. The lowest BCUT2D eigenvalue weighted by Gasteiger charge is -2.51. The Labute approximate surface area is 160 Å². The van der Waals surface area contributed by atoms with Crippen molar-refractivity contribution in [3.8, 4) is 11.8 Å². The van der Waals surface area contributed by atoms with E-state index in [1.165, 1.54) is 31.5 Å². The molecule has 2 bridgehead atoms. The number of hydrogen-bond donors (Lipinski definition) is 1. The highest BCUT2D eigenvalue weighted by atomic mass is 16.3. The number of aromatic hydroxyl groups is 1. The molecule has 0 radical (unpaired) electrons. The summed E-state index contributed by atoms with van der Waals surface area (Å²) in [4.78, 5) is 5.29. The summed E-state index contributed by atoms with van der Waals surface area (Å²) in [5.41, 5.74) is 3.16. The quantitative estimate of drug-likeness (QED) is 0.913. The maximum Gasteiger partial charge on any atom is 0.115 e. The van der Waals surface area contributed by atoms with Gasteiger partial charge in [0.2, 0.25) is 0 Å². The Kier molecular flexibility index (Phi) is 4.15. The highest BCUT2D eigenvalue weighted by Crippen LogP contribution is 2.47. The van der Waals surface area contributed by atoms with Gasteiger partial charge in [-0.15, -0.1) is 0 Å². The molecular formula is C23H25N3O. The third-order valence-electron chi connectivity index (χ3n) is 6.90. The first-order chi connectivity index (χ1) is 13.2. The normalized spacial score (nSPS) is 32.2. The van der Waals surface area contributed by atoms with E-state index in [2.05, 4.69) is 28.0 Å². The summed E-state index contributed by atoms with van der Waals surface area (Å²) in [5, 5.41) is 19.5. The molecule has 138 valence electrons. The van der Waals surface area contributed by atoms with Crippen molar-refractivity contribution < 1.29 is 5.11 Å². The van der Waals surface area contributed by atoms with Crippen LogP contribution in [0.5, 0.6) is 5.75 Å². The molecule has 1 N–H and O–H groups in total. The van der Waals surface area contributed by atoms with Gasteiger partial charge < -0.3 is 5.11 Å². The number of hydrogen-bond acceptors (Lipinski definition) is 4. The Morgan fingerprint density at radius 2 is 1.85 bits per heavy atom. The van der Waals surface area contributed by atoms with Gasteiger partial charge in [-0.3, -0.25) is 9.80 Å². The lowest BCUT2D eigenvalue weighted by molar-refractivity contribution is -0.00871. The molecule has 2 aromatic carbocycles. The number of phenolic OH excluding ortho intramolecular Hbond substituents is 1. The van der Waals surface area contributed by atoms with Crippen LogP contribution >= 0.6 is 0 Å². The zero-order valence-corrected chi connectivity index (χ0v) is 15.5. The minimum Gasteiger partial charge on any atom is -0.508 e. The first kappa shape index (κ1) is 16.8. The lowest BCUT2D eigenvalue weighted by Crippen LogP contribution is -2.60. The standard InChI is InChI=1S/C23H25N3O/c24-13-18-4-1-2-5-19(18)14-26-15-21(17-6-3-7-20(27)12-17)23-22(26)16-8-10-25(23)11-9-16/h1-7,12,16,21-23,27H,8-11,14-15H2/t21-,22+,23+/m1/s1. The van der Waals surface area contributed by atoms with Crippen LogP contribution in [0.3, 0.4) is 0 Å². The molecule has 4 fully saturated rings. The van der Waals surface area contributed by atoms with Gasteiger partial charge in [0.25, 0.3) is 0 Å². The van der Waals surface area contributed by atoms with Gasteiger partial charge in [-0.1, -0.05) is 30.3 Å². The first-order valence-corrected chi connectivity index (χ1v) is 9.99. The third-order valence-corrected chi connectivity index (χ3v) is 6.90. The monoisotopic (exact) mass is 359 g/mol. The van der Waals surface area contributed by atoms with Gasteiger partial charge in [0, 0.05) is 31.1 Å². The number of phenols is 1. The van der Waals surface area contributed by atoms with Gasteiger partial charge in [0.05, 0.1) is 11.6 Å². The molecule has 0 amide bonds. The second-order valence-electron chi connectivity index (χ2n) is 8.25. The second kappa shape index (κ2) is 6.67. The van der Waals surface area contributed by atoms with Crippen LogP contribution in [0, 0.1) is 17.2 Å². The summed E-state index contributed by atoms with van der Waals surface area (Å²) in [6.07, 6.45) is 2.56. The summed E-state index contributed by atoms with van der Waals surface area (Å²) in [5.74, 6) is 1.52. The number of fused-ring (bicyclic) bond motifs is 2. The van der Waals surface area contributed by atoms with Crippen LogP contribution in [0.2, 0.25) is 0 Å². The number of nitrogens with zero attached hydrogens (tertiary/aromatic N) is 3. The van der Waals surface area contributed by atoms with Gasteiger partial charge in [-0.25, -0.2) is 0 Å². The molecule has 0 aliphatic carbocycles. The topological polar surface area (TPSA) is 50.5 Å². The van der Waals surface area contributed by atoms with Gasteiger partial charge in [-0.2, -0.15) is 5.26 Å². The lowest BCUT2D eigenvalue weighted by atomic mass is 9.75. The second-order valence-corrected chi connectivity index (χ2v) is 8.25. The highest BCUT2D eigenvalue weighted by Gasteiger charge is 2.53. The van der Waals surface area contributed by atoms with Crippen molar-refractivity contribution in [2.24, 2.45) is 5.92 Å². The van der Waals surface area contributed by atoms with Crippen LogP contribution in [0.1, 0.15) is 35.4 Å². The highest BCUT2D eigenvalue weighted by molar-refractivity contribution is 5.38. The van der Waals surface area contributed by atoms with Gasteiger partial charge in [0.15, 0.2) is 0 Å². The number of nitriles is 1. The van der Waals surface area contributed by atoms with Crippen molar-refractivity contribution in [1.29, 1.82) is 5.26 Å². The number of likely N-dealkylation sites (tertiary alicyclic amines) is 1. The molecule has 27 heavy (non-hydrogen) atoms. The predicted octanol–water partition coefficient (Wildman–Crippen LogP) is 3.33. The van der Waals surface area contributed by atoms with Crippen molar-refractivity contribution in [1.82, 2.24) is 9.80 Å². The van der Waals surface area contributed by atoms with E-state index < -0.39 is 0 Å². The van der Waals surface area contributed by atoms with Crippen LogP contribution in [-0.2, 0) is 6.54 Å². The summed E-state index contributed by atoms with van der Waals surface area (Å²) >= 11 is 0. The Morgan fingerprint density at radius 1 is 1.04 bits per heavy atom. The maximum absolute atomic E-state index is 10.0. The average Bonchev–Trinajstić information content (AvgIpc) is 3.11. The summed E-state index contributed by atoms with van der Waals surface area (Å²) < 4.78 is 0. The molecule has 0 saturated carbocycles. The SMILES string of the molecule is N#Cc1ccccc1CN1C[C@H](c2cccc(O)c2)[C@H]2[C@@H]1C1CCN2CC1. The van der Waals surface area contributed by atoms with E-state index in [1.54, 1.807) is 6.07 Å². The summed E-state index contributed by atoms with van der Waals surface area (Å²) in [6, 6.07) is 19.2. The third kappa shape index (κ3) is 2.82. The first-order valence-electron chi connectivity index (χ1n) is 9.99. The fraction of sp³-hybridized carbons (Fsp3) is 0.435. The molecule has 4 aliphatic heterocycles. The van der Waals surface area contributed by atoms with E-state index >= 15 is 0 Å². The summed E-state index contributed by atoms with van der Waals surface area (Å²) in [7, 11) is 0. The minimum atomic E-state index is 0.355. The molecule has 2 aromatic rings. The zero-order chi connectivity index (χ0) is 18.4. The fourth-order valence-electron chi connectivity index (χ4n) is 5.76. The Morgan fingerprint density at radius 3 is 2.63 bits per heavy atom. The minimum absolute atomic E-state index is 0.355. The van der Waals surface area contributed by atoms with Crippen molar-refractivity contribution >= 4 is 0 Å². The zero-order valence-electron chi connectivity index (χ0n) is 15.5. The predicted molar refractivity (Wildman–Crippen MR) is 104 cm³/mol.